The van der Waals surface area contributed by atoms with Gasteiger partial charge in [-0.25, -0.2) is 8.42 Å². The Balaban J connectivity index is 1.41. The van der Waals surface area contributed by atoms with Crippen LogP contribution in [0.25, 0.3) is 0 Å². The second-order valence-corrected chi connectivity index (χ2v) is 10.2. The number of hydrogen-bond acceptors (Lipinski definition) is 5. The maximum Gasteiger partial charge on any atom is 0.274 e. The second-order valence-electron chi connectivity index (χ2n) is 8.35. The lowest BCUT2D eigenvalue weighted by atomic mass is 9.82. The Labute approximate surface area is 166 Å². The highest BCUT2D eigenvalue weighted by molar-refractivity contribution is 7.88. The van der Waals surface area contributed by atoms with Gasteiger partial charge in [0.1, 0.15) is 5.69 Å². The van der Waals surface area contributed by atoms with E-state index in [2.05, 4.69) is 5.10 Å². The molecule has 3 aliphatic rings. The SMILES string of the molecule is CCn1ccc(C(=O)N2CCC3(CC2)CC(N(C2CC2)S(C)(=O)=O)CCO3)n1. The summed E-state index contributed by atoms with van der Waals surface area (Å²) in [6, 6.07) is 1.95. The molecule has 3 heterocycles. The normalized spacial score (nSPS) is 25.4. The first-order valence-corrected chi connectivity index (χ1v) is 12.1. The summed E-state index contributed by atoms with van der Waals surface area (Å²) in [7, 11) is -3.21. The van der Waals surface area contributed by atoms with E-state index >= 15 is 0 Å². The number of piperidine rings is 1. The summed E-state index contributed by atoms with van der Waals surface area (Å²) in [5.41, 5.74) is 0.164. The molecule has 4 rings (SSSR count). The van der Waals surface area contributed by atoms with Crippen LogP contribution in [-0.2, 0) is 21.3 Å². The Hall–Kier alpha value is -1.45. The van der Waals surface area contributed by atoms with Crippen molar-refractivity contribution in [3.05, 3.63) is 18.0 Å². The fourth-order valence-corrected chi connectivity index (χ4v) is 6.14. The van der Waals surface area contributed by atoms with E-state index in [0.717, 1.165) is 45.1 Å². The van der Waals surface area contributed by atoms with E-state index in [1.54, 1.807) is 15.1 Å². The molecular weight excluding hydrogens is 380 g/mol. The number of aromatic nitrogens is 2. The number of sulfonamides is 1. The van der Waals surface area contributed by atoms with E-state index in [4.69, 9.17) is 4.74 Å². The second kappa shape index (κ2) is 7.42. The highest BCUT2D eigenvalue weighted by atomic mass is 32.2. The maximum absolute atomic E-state index is 12.7. The molecule has 8 nitrogen and oxygen atoms in total. The smallest absolute Gasteiger partial charge is 0.274 e. The highest BCUT2D eigenvalue weighted by Crippen LogP contribution is 2.41. The van der Waals surface area contributed by atoms with E-state index < -0.39 is 10.0 Å². The van der Waals surface area contributed by atoms with E-state index in [1.807, 2.05) is 18.0 Å². The first kappa shape index (κ1) is 19.8. The Morgan fingerprint density at radius 3 is 2.57 bits per heavy atom. The molecule has 0 bridgehead atoms. The van der Waals surface area contributed by atoms with Gasteiger partial charge in [-0.1, -0.05) is 0 Å². The van der Waals surface area contributed by atoms with Crippen LogP contribution < -0.4 is 0 Å². The van der Waals surface area contributed by atoms with Crippen molar-refractivity contribution in [1.82, 2.24) is 19.0 Å². The third kappa shape index (κ3) is 3.97. The van der Waals surface area contributed by atoms with Gasteiger partial charge in [-0.3, -0.25) is 9.48 Å². The quantitative estimate of drug-likeness (QED) is 0.734. The van der Waals surface area contributed by atoms with Crippen LogP contribution in [0.3, 0.4) is 0 Å². The standard InChI is InChI=1S/C19H30N4O4S/c1-3-22-10-6-17(20-22)18(24)21-11-8-19(9-12-21)14-16(7-13-27-19)23(15-4-5-15)28(2,25)26/h6,10,15-16H,3-5,7-9,11-14H2,1-2H3. The number of hydrogen-bond donors (Lipinski definition) is 0. The number of ether oxygens (including phenoxy) is 1. The zero-order chi connectivity index (χ0) is 19.9. The Kier molecular flexibility index (Phi) is 5.26. The molecule has 0 radical (unpaired) electrons. The van der Waals surface area contributed by atoms with Gasteiger partial charge in [-0.2, -0.15) is 9.40 Å². The van der Waals surface area contributed by atoms with E-state index in [-0.39, 0.29) is 23.6 Å². The monoisotopic (exact) mass is 410 g/mol. The van der Waals surface area contributed by atoms with Crippen LogP contribution in [0.2, 0.25) is 0 Å². The van der Waals surface area contributed by atoms with E-state index in [9.17, 15) is 13.2 Å². The number of likely N-dealkylation sites (tertiary alicyclic amines) is 1. The van der Waals surface area contributed by atoms with Crippen molar-refractivity contribution in [3.63, 3.8) is 0 Å². The number of amides is 1. The van der Waals surface area contributed by atoms with Crippen molar-refractivity contribution in [2.75, 3.05) is 26.0 Å². The van der Waals surface area contributed by atoms with Crippen LogP contribution in [0, 0.1) is 0 Å². The Morgan fingerprint density at radius 1 is 1.29 bits per heavy atom. The molecule has 1 aromatic rings. The minimum atomic E-state index is -3.21. The van der Waals surface area contributed by atoms with Crippen LogP contribution in [0.15, 0.2) is 12.3 Å². The lowest BCUT2D eigenvalue weighted by Gasteiger charge is -2.48. The minimum Gasteiger partial charge on any atom is -0.375 e. The summed E-state index contributed by atoms with van der Waals surface area (Å²) in [6.07, 6.45) is 8.03. The van der Waals surface area contributed by atoms with Crippen molar-refractivity contribution in [1.29, 1.82) is 0 Å². The lowest BCUT2D eigenvalue weighted by Crippen LogP contribution is -2.55. The molecule has 3 fully saturated rings. The molecule has 1 amide bonds. The average molecular weight is 411 g/mol. The fourth-order valence-electron chi connectivity index (χ4n) is 4.67. The van der Waals surface area contributed by atoms with Crippen molar-refractivity contribution in [2.45, 2.75) is 69.7 Å². The summed E-state index contributed by atoms with van der Waals surface area (Å²) in [4.78, 5) is 14.6. The number of carbonyl (C=O) groups is 1. The van der Waals surface area contributed by atoms with E-state index in [1.165, 1.54) is 6.26 Å². The molecule has 9 heteroatoms. The van der Waals surface area contributed by atoms with Crippen molar-refractivity contribution < 1.29 is 17.9 Å². The first-order valence-electron chi connectivity index (χ1n) is 10.3. The first-order chi connectivity index (χ1) is 13.3. The Bertz CT molecular complexity index is 825. The number of carbonyl (C=O) groups excluding carboxylic acids is 1. The van der Waals surface area contributed by atoms with Crippen molar-refractivity contribution in [2.24, 2.45) is 0 Å². The highest BCUT2D eigenvalue weighted by Gasteiger charge is 2.47. The molecule has 0 aromatic carbocycles. The third-order valence-electron chi connectivity index (χ3n) is 6.26. The average Bonchev–Trinajstić information content (AvgIpc) is 3.35. The summed E-state index contributed by atoms with van der Waals surface area (Å²) in [5.74, 6) is -0.0369. The molecule has 2 aliphatic heterocycles. The van der Waals surface area contributed by atoms with Gasteiger partial charge in [-0.05, 0) is 51.5 Å². The van der Waals surface area contributed by atoms with Crippen molar-refractivity contribution in [3.8, 4) is 0 Å². The lowest BCUT2D eigenvalue weighted by molar-refractivity contribution is -0.123. The largest absolute Gasteiger partial charge is 0.375 e. The fraction of sp³-hybridized carbons (Fsp3) is 0.789. The van der Waals surface area contributed by atoms with Gasteiger partial charge in [0, 0.05) is 44.5 Å². The summed E-state index contributed by atoms with van der Waals surface area (Å²) in [6.45, 7) is 4.55. The van der Waals surface area contributed by atoms with Crippen LogP contribution in [0.1, 0.15) is 55.9 Å². The predicted octanol–water partition coefficient (Wildman–Crippen LogP) is 1.48. The van der Waals surface area contributed by atoms with Gasteiger partial charge in [-0.15, -0.1) is 0 Å². The molecule has 1 spiro atoms. The maximum atomic E-state index is 12.7. The molecule has 28 heavy (non-hydrogen) atoms. The summed E-state index contributed by atoms with van der Waals surface area (Å²) < 4.78 is 34.3. The third-order valence-corrected chi connectivity index (χ3v) is 7.62. The molecule has 156 valence electrons. The van der Waals surface area contributed by atoms with Gasteiger partial charge >= 0.3 is 0 Å². The van der Waals surface area contributed by atoms with Gasteiger partial charge in [0.05, 0.1) is 11.9 Å². The number of aryl methyl sites for hydroxylation is 1. The van der Waals surface area contributed by atoms with Gasteiger partial charge < -0.3 is 9.64 Å². The molecule has 1 aromatic heterocycles. The predicted molar refractivity (Wildman–Crippen MR) is 104 cm³/mol. The minimum absolute atomic E-state index is 0.0127. The molecule has 0 N–H and O–H groups in total. The van der Waals surface area contributed by atoms with E-state index in [0.29, 0.717) is 25.4 Å². The molecule has 1 atom stereocenters. The van der Waals surface area contributed by atoms with Crippen LogP contribution in [0.4, 0.5) is 0 Å². The molecule has 1 saturated carbocycles. The molecular formula is C19H30N4O4S. The van der Waals surface area contributed by atoms with Gasteiger partial charge in [0.25, 0.3) is 5.91 Å². The number of rotatable bonds is 5. The molecule has 2 saturated heterocycles. The Morgan fingerprint density at radius 2 is 2.00 bits per heavy atom. The zero-order valence-corrected chi connectivity index (χ0v) is 17.5. The zero-order valence-electron chi connectivity index (χ0n) is 16.7. The van der Waals surface area contributed by atoms with Crippen molar-refractivity contribution >= 4 is 15.9 Å². The van der Waals surface area contributed by atoms with Gasteiger partial charge in [0.2, 0.25) is 10.0 Å². The number of nitrogens with zero attached hydrogens (tertiary/aromatic N) is 4. The summed E-state index contributed by atoms with van der Waals surface area (Å²) in [5, 5.41) is 4.32. The molecule has 1 aliphatic carbocycles. The van der Waals surface area contributed by atoms with Crippen LogP contribution in [0.5, 0.6) is 0 Å². The molecule has 1 unspecified atom stereocenters. The van der Waals surface area contributed by atoms with Crippen LogP contribution in [-0.4, -0.2) is 76.9 Å². The van der Waals surface area contributed by atoms with Gasteiger partial charge in [0.15, 0.2) is 0 Å². The summed E-state index contributed by atoms with van der Waals surface area (Å²) >= 11 is 0. The topological polar surface area (TPSA) is 84.7 Å². The van der Waals surface area contributed by atoms with Crippen LogP contribution >= 0.6 is 0 Å².